The van der Waals surface area contributed by atoms with Crippen LogP contribution in [0.15, 0.2) is 24.3 Å². The molecule has 0 spiro atoms. The van der Waals surface area contributed by atoms with Gasteiger partial charge in [0, 0.05) is 5.56 Å². The topological polar surface area (TPSA) is 29.5 Å². The monoisotopic (exact) mass is 222 g/mol. The normalized spacial score (nSPS) is 14.5. The second kappa shape index (κ2) is 6.54. The minimum atomic E-state index is -0.474. The first kappa shape index (κ1) is 13.0. The summed E-state index contributed by atoms with van der Waals surface area (Å²) in [4.78, 5) is 0. The van der Waals surface area contributed by atoms with Crippen molar-refractivity contribution in [3.63, 3.8) is 0 Å². The van der Waals surface area contributed by atoms with Gasteiger partial charge in [0.25, 0.3) is 0 Å². The first-order chi connectivity index (χ1) is 7.65. The predicted molar refractivity (Wildman–Crippen MR) is 66.6 cm³/mol. The molecule has 2 atom stereocenters. The Bertz CT molecular complexity index is 307. The van der Waals surface area contributed by atoms with Crippen molar-refractivity contribution >= 4 is 0 Å². The number of ether oxygens (including phenoxy) is 1. The molecule has 0 bridgehead atoms. The van der Waals surface area contributed by atoms with E-state index < -0.39 is 6.10 Å². The van der Waals surface area contributed by atoms with Crippen molar-refractivity contribution in [2.24, 2.45) is 5.92 Å². The fourth-order valence-corrected chi connectivity index (χ4v) is 1.77. The largest absolute Gasteiger partial charge is 0.493 e. The van der Waals surface area contributed by atoms with Crippen LogP contribution in [0.1, 0.15) is 45.3 Å². The Hall–Kier alpha value is -1.02. The lowest BCUT2D eigenvalue weighted by molar-refractivity contribution is 0.186. The molecule has 16 heavy (non-hydrogen) atoms. The van der Waals surface area contributed by atoms with E-state index in [2.05, 4.69) is 13.8 Å². The van der Waals surface area contributed by atoms with Crippen molar-refractivity contribution < 1.29 is 9.84 Å². The van der Waals surface area contributed by atoms with E-state index in [1.54, 1.807) is 6.92 Å². The van der Waals surface area contributed by atoms with Crippen LogP contribution in [0, 0.1) is 5.92 Å². The summed E-state index contributed by atoms with van der Waals surface area (Å²) < 4.78 is 5.75. The van der Waals surface area contributed by atoms with Gasteiger partial charge in [0.1, 0.15) is 5.75 Å². The third-order valence-electron chi connectivity index (χ3n) is 2.67. The van der Waals surface area contributed by atoms with Gasteiger partial charge in [-0.2, -0.15) is 0 Å². The van der Waals surface area contributed by atoms with Crippen molar-refractivity contribution in [3.8, 4) is 5.75 Å². The lowest BCUT2D eigenvalue weighted by atomic mass is 10.1. The molecule has 1 unspecified atom stereocenters. The Morgan fingerprint density at radius 1 is 1.25 bits per heavy atom. The average molecular weight is 222 g/mol. The van der Waals surface area contributed by atoms with Gasteiger partial charge >= 0.3 is 0 Å². The van der Waals surface area contributed by atoms with Crippen molar-refractivity contribution in [1.29, 1.82) is 0 Å². The molecule has 1 N–H and O–H groups in total. The Balaban J connectivity index is 2.59. The second-order valence-corrected chi connectivity index (χ2v) is 4.42. The van der Waals surface area contributed by atoms with Crippen LogP contribution in [-0.2, 0) is 0 Å². The molecule has 0 saturated carbocycles. The summed E-state index contributed by atoms with van der Waals surface area (Å²) in [6.07, 6.45) is 1.89. The number of hydrogen-bond acceptors (Lipinski definition) is 2. The first-order valence-corrected chi connectivity index (χ1v) is 6.05. The van der Waals surface area contributed by atoms with Crippen LogP contribution in [0.5, 0.6) is 5.75 Å². The third-order valence-corrected chi connectivity index (χ3v) is 2.67. The quantitative estimate of drug-likeness (QED) is 0.797. The fourth-order valence-electron chi connectivity index (χ4n) is 1.77. The first-order valence-electron chi connectivity index (χ1n) is 6.05. The molecule has 90 valence electrons. The van der Waals surface area contributed by atoms with Crippen LogP contribution in [-0.4, -0.2) is 11.7 Å². The van der Waals surface area contributed by atoms with E-state index in [0.29, 0.717) is 5.92 Å². The van der Waals surface area contributed by atoms with Crippen LogP contribution < -0.4 is 4.74 Å². The Morgan fingerprint density at radius 2 is 1.94 bits per heavy atom. The van der Waals surface area contributed by atoms with Crippen LogP contribution in [0.4, 0.5) is 0 Å². The van der Waals surface area contributed by atoms with E-state index in [1.165, 1.54) is 12.8 Å². The molecule has 0 aliphatic heterocycles. The van der Waals surface area contributed by atoms with Crippen molar-refractivity contribution in [2.75, 3.05) is 6.61 Å². The molecule has 0 saturated heterocycles. The summed E-state index contributed by atoms with van der Waals surface area (Å²) in [6.45, 7) is 6.85. The number of hydrogen-bond donors (Lipinski definition) is 1. The van der Waals surface area contributed by atoms with Gasteiger partial charge in [0.15, 0.2) is 0 Å². The molecule has 0 aromatic heterocycles. The molecule has 0 fully saturated rings. The number of aliphatic hydroxyl groups is 1. The van der Waals surface area contributed by atoms with E-state index in [4.69, 9.17) is 4.74 Å². The van der Waals surface area contributed by atoms with Crippen LogP contribution >= 0.6 is 0 Å². The van der Waals surface area contributed by atoms with Gasteiger partial charge in [-0.05, 0) is 25.3 Å². The maximum atomic E-state index is 9.59. The van der Waals surface area contributed by atoms with Gasteiger partial charge in [-0.3, -0.25) is 0 Å². The van der Waals surface area contributed by atoms with Crippen molar-refractivity contribution in [3.05, 3.63) is 29.8 Å². The molecule has 1 rings (SSSR count). The van der Waals surface area contributed by atoms with Gasteiger partial charge in [-0.15, -0.1) is 0 Å². The molecular weight excluding hydrogens is 200 g/mol. The Labute approximate surface area is 98.3 Å². The highest BCUT2D eigenvalue weighted by Crippen LogP contribution is 2.25. The van der Waals surface area contributed by atoms with E-state index in [1.807, 2.05) is 24.3 Å². The van der Waals surface area contributed by atoms with E-state index >= 15 is 0 Å². The van der Waals surface area contributed by atoms with Gasteiger partial charge in [0.2, 0.25) is 0 Å². The minimum absolute atomic E-state index is 0.474. The molecule has 1 aromatic carbocycles. The highest BCUT2D eigenvalue weighted by Gasteiger charge is 2.09. The lowest BCUT2D eigenvalue weighted by Crippen LogP contribution is -2.09. The Morgan fingerprint density at radius 3 is 2.56 bits per heavy atom. The molecule has 0 radical (unpaired) electrons. The molecule has 2 heteroatoms. The highest BCUT2D eigenvalue weighted by atomic mass is 16.5. The summed E-state index contributed by atoms with van der Waals surface area (Å²) >= 11 is 0. The number of benzene rings is 1. The van der Waals surface area contributed by atoms with E-state index in [9.17, 15) is 5.11 Å². The molecule has 0 aliphatic rings. The zero-order valence-electron chi connectivity index (χ0n) is 10.4. The third kappa shape index (κ3) is 3.86. The lowest BCUT2D eigenvalue weighted by Gasteiger charge is -2.16. The second-order valence-electron chi connectivity index (χ2n) is 4.42. The zero-order chi connectivity index (χ0) is 12.0. The molecule has 1 aromatic rings. The van der Waals surface area contributed by atoms with E-state index in [-0.39, 0.29) is 0 Å². The summed E-state index contributed by atoms with van der Waals surface area (Å²) in [6, 6.07) is 7.68. The average Bonchev–Trinajstić information content (AvgIpc) is 2.27. The van der Waals surface area contributed by atoms with Gasteiger partial charge < -0.3 is 9.84 Å². The molecule has 2 nitrogen and oxygen atoms in total. The van der Waals surface area contributed by atoms with Crippen molar-refractivity contribution in [2.45, 2.75) is 39.7 Å². The SMILES string of the molecule is CCCC(C)COc1ccccc1[C@@H](C)O. The molecular formula is C14H22O2. The number of rotatable bonds is 6. The standard InChI is InChI=1S/C14H22O2/c1-4-7-11(2)10-16-14-9-6-5-8-13(14)12(3)15/h5-6,8-9,11-12,15H,4,7,10H2,1-3H3/t11?,12-/m1/s1. The summed E-state index contributed by atoms with van der Waals surface area (Å²) in [5, 5.41) is 9.59. The van der Waals surface area contributed by atoms with Crippen LogP contribution in [0.2, 0.25) is 0 Å². The maximum absolute atomic E-state index is 9.59. The molecule has 0 amide bonds. The van der Waals surface area contributed by atoms with Gasteiger partial charge in [0.05, 0.1) is 12.7 Å². The Kier molecular flexibility index (Phi) is 5.33. The fraction of sp³-hybridized carbons (Fsp3) is 0.571. The minimum Gasteiger partial charge on any atom is -0.493 e. The van der Waals surface area contributed by atoms with Crippen LogP contribution in [0.3, 0.4) is 0 Å². The number of para-hydroxylation sites is 1. The van der Waals surface area contributed by atoms with Gasteiger partial charge in [-0.25, -0.2) is 0 Å². The summed E-state index contributed by atoms with van der Waals surface area (Å²) in [5.41, 5.74) is 0.867. The summed E-state index contributed by atoms with van der Waals surface area (Å²) in [5.74, 6) is 1.37. The number of aliphatic hydroxyl groups excluding tert-OH is 1. The highest BCUT2D eigenvalue weighted by molar-refractivity contribution is 5.34. The predicted octanol–water partition coefficient (Wildman–Crippen LogP) is 3.55. The van der Waals surface area contributed by atoms with E-state index in [0.717, 1.165) is 17.9 Å². The van der Waals surface area contributed by atoms with Gasteiger partial charge in [-0.1, -0.05) is 38.5 Å². The molecule has 0 aliphatic carbocycles. The summed E-state index contributed by atoms with van der Waals surface area (Å²) in [7, 11) is 0. The van der Waals surface area contributed by atoms with Crippen molar-refractivity contribution in [1.82, 2.24) is 0 Å². The molecule has 0 heterocycles. The van der Waals surface area contributed by atoms with Crippen LogP contribution in [0.25, 0.3) is 0 Å². The maximum Gasteiger partial charge on any atom is 0.125 e. The zero-order valence-corrected chi connectivity index (χ0v) is 10.4. The smallest absolute Gasteiger partial charge is 0.125 e.